The molecule has 0 aliphatic carbocycles. The summed E-state index contributed by atoms with van der Waals surface area (Å²) in [4.78, 5) is -0.108. The summed E-state index contributed by atoms with van der Waals surface area (Å²) in [6.07, 6.45) is 0.436. The van der Waals surface area contributed by atoms with Gasteiger partial charge in [-0.2, -0.15) is 0 Å². The van der Waals surface area contributed by atoms with Crippen LogP contribution in [-0.4, -0.2) is 13.2 Å². The third kappa shape index (κ3) is 3.01. The first kappa shape index (κ1) is 14.7. The van der Waals surface area contributed by atoms with E-state index in [1.165, 1.54) is 6.07 Å². The molecule has 0 N–H and O–H groups in total. The van der Waals surface area contributed by atoms with E-state index in [2.05, 4.69) is 15.9 Å². The second-order valence-corrected chi connectivity index (χ2v) is 6.26. The van der Waals surface area contributed by atoms with Crippen LogP contribution in [0.15, 0.2) is 36.4 Å². The minimum absolute atomic E-state index is 0.108. The second-order valence-electron chi connectivity index (χ2n) is 4.74. The number of fused-ring (bicyclic) bond motifs is 1. The molecule has 2 aromatic carbocycles. The SMILES string of the molecule is Fc1cccc(Cl)c1CC(Br)c1cccc2c1OCCO2. The molecule has 110 valence electrons. The Hall–Kier alpha value is -1.26. The predicted octanol–water partition coefficient (Wildman–Crippen LogP) is 4.93. The zero-order valence-corrected chi connectivity index (χ0v) is 13.5. The molecule has 1 unspecified atom stereocenters. The number of halogens is 3. The number of rotatable bonds is 3. The topological polar surface area (TPSA) is 18.5 Å². The van der Waals surface area contributed by atoms with Crippen LogP contribution in [0, 0.1) is 5.82 Å². The minimum atomic E-state index is -0.297. The van der Waals surface area contributed by atoms with Gasteiger partial charge in [-0.1, -0.05) is 45.7 Å². The van der Waals surface area contributed by atoms with Crippen LogP contribution in [0.5, 0.6) is 11.5 Å². The number of para-hydroxylation sites is 1. The lowest BCUT2D eigenvalue weighted by atomic mass is 10.0. The first-order valence-electron chi connectivity index (χ1n) is 6.62. The smallest absolute Gasteiger partial charge is 0.165 e. The number of benzene rings is 2. The molecule has 0 aromatic heterocycles. The Labute approximate surface area is 136 Å². The molecule has 1 aliphatic rings. The largest absolute Gasteiger partial charge is 0.486 e. The van der Waals surface area contributed by atoms with E-state index in [9.17, 15) is 4.39 Å². The van der Waals surface area contributed by atoms with Crippen molar-refractivity contribution in [2.24, 2.45) is 0 Å². The summed E-state index contributed by atoms with van der Waals surface area (Å²) in [5.74, 6) is 1.15. The lowest BCUT2D eigenvalue weighted by Crippen LogP contribution is -2.17. The zero-order valence-electron chi connectivity index (χ0n) is 11.1. The van der Waals surface area contributed by atoms with E-state index < -0.39 is 0 Å². The molecule has 1 heterocycles. The Balaban J connectivity index is 1.91. The maximum absolute atomic E-state index is 13.9. The number of alkyl halides is 1. The number of hydrogen-bond donors (Lipinski definition) is 0. The van der Waals surface area contributed by atoms with Crippen LogP contribution in [0.3, 0.4) is 0 Å². The lowest BCUT2D eigenvalue weighted by Gasteiger charge is -2.23. The molecule has 0 fully saturated rings. The molecule has 1 atom stereocenters. The molecular formula is C16H13BrClFO2. The quantitative estimate of drug-likeness (QED) is 0.712. The van der Waals surface area contributed by atoms with Crippen molar-refractivity contribution in [3.63, 3.8) is 0 Å². The number of hydrogen-bond acceptors (Lipinski definition) is 2. The highest BCUT2D eigenvalue weighted by atomic mass is 79.9. The molecule has 0 spiro atoms. The van der Waals surface area contributed by atoms with Crippen molar-refractivity contribution in [3.05, 3.63) is 58.4 Å². The maximum atomic E-state index is 13.9. The van der Waals surface area contributed by atoms with Gasteiger partial charge in [0.25, 0.3) is 0 Å². The molecule has 0 saturated carbocycles. The van der Waals surface area contributed by atoms with E-state index in [1.54, 1.807) is 12.1 Å². The van der Waals surface area contributed by atoms with Gasteiger partial charge in [-0.3, -0.25) is 0 Å². The van der Waals surface area contributed by atoms with Gasteiger partial charge in [0.2, 0.25) is 0 Å². The van der Waals surface area contributed by atoms with Crippen LogP contribution < -0.4 is 9.47 Å². The normalized spacial score (nSPS) is 14.8. The van der Waals surface area contributed by atoms with Crippen molar-refractivity contribution in [1.82, 2.24) is 0 Å². The Morgan fingerprint density at radius 2 is 1.90 bits per heavy atom. The fraction of sp³-hybridized carbons (Fsp3) is 0.250. The fourth-order valence-corrected chi connectivity index (χ4v) is 3.28. The third-order valence-corrected chi connectivity index (χ3v) is 4.55. The van der Waals surface area contributed by atoms with Gasteiger partial charge in [-0.15, -0.1) is 0 Å². The van der Waals surface area contributed by atoms with Crippen molar-refractivity contribution in [2.45, 2.75) is 11.2 Å². The van der Waals surface area contributed by atoms with Gasteiger partial charge in [0.15, 0.2) is 11.5 Å². The van der Waals surface area contributed by atoms with E-state index >= 15 is 0 Å². The Bertz CT molecular complexity index is 642. The van der Waals surface area contributed by atoms with E-state index in [-0.39, 0.29) is 10.6 Å². The molecule has 0 bridgehead atoms. The molecule has 21 heavy (non-hydrogen) atoms. The van der Waals surface area contributed by atoms with Crippen molar-refractivity contribution >= 4 is 27.5 Å². The van der Waals surface area contributed by atoms with E-state index in [1.807, 2.05) is 18.2 Å². The van der Waals surface area contributed by atoms with Gasteiger partial charge < -0.3 is 9.47 Å². The standard InChI is InChI=1S/C16H13BrClFO2/c17-12(9-11-13(18)4-2-5-14(11)19)10-3-1-6-15-16(10)21-8-7-20-15/h1-6,12H,7-9H2. The molecular weight excluding hydrogens is 359 g/mol. The zero-order chi connectivity index (χ0) is 14.8. The van der Waals surface area contributed by atoms with Crippen molar-refractivity contribution in [1.29, 1.82) is 0 Å². The molecule has 1 aliphatic heterocycles. The fourth-order valence-electron chi connectivity index (χ4n) is 2.36. The summed E-state index contributed by atoms with van der Waals surface area (Å²) >= 11 is 9.70. The van der Waals surface area contributed by atoms with Crippen LogP contribution in [0.25, 0.3) is 0 Å². The number of ether oxygens (including phenoxy) is 2. The molecule has 0 radical (unpaired) electrons. The lowest BCUT2D eigenvalue weighted by molar-refractivity contribution is 0.170. The second kappa shape index (κ2) is 6.24. The van der Waals surface area contributed by atoms with Gasteiger partial charge in [-0.05, 0) is 24.6 Å². The van der Waals surface area contributed by atoms with Crippen molar-refractivity contribution in [2.75, 3.05) is 13.2 Å². The van der Waals surface area contributed by atoms with Crippen molar-refractivity contribution < 1.29 is 13.9 Å². The first-order chi connectivity index (χ1) is 10.2. The van der Waals surface area contributed by atoms with Gasteiger partial charge in [0, 0.05) is 21.0 Å². The van der Waals surface area contributed by atoms with Gasteiger partial charge in [-0.25, -0.2) is 4.39 Å². The summed E-state index contributed by atoms with van der Waals surface area (Å²) in [5.41, 5.74) is 1.43. The van der Waals surface area contributed by atoms with Crippen LogP contribution >= 0.6 is 27.5 Å². The van der Waals surface area contributed by atoms with Gasteiger partial charge in [0.05, 0.1) is 0 Å². The van der Waals surface area contributed by atoms with Gasteiger partial charge >= 0.3 is 0 Å². The summed E-state index contributed by atoms with van der Waals surface area (Å²) < 4.78 is 25.2. The molecule has 2 aromatic rings. The monoisotopic (exact) mass is 370 g/mol. The molecule has 0 amide bonds. The summed E-state index contributed by atoms with van der Waals surface area (Å²) in [7, 11) is 0. The van der Waals surface area contributed by atoms with Crippen LogP contribution in [0.4, 0.5) is 4.39 Å². The Morgan fingerprint density at radius 3 is 2.71 bits per heavy atom. The summed E-state index contributed by atoms with van der Waals surface area (Å²) in [6.45, 7) is 1.06. The third-order valence-electron chi connectivity index (χ3n) is 3.38. The van der Waals surface area contributed by atoms with E-state index in [4.69, 9.17) is 21.1 Å². The van der Waals surface area contributed by atoms with E-state index in [0.29, 0.717) is 30.2 Å². The molecule has 3 rings (SSSR count). The average molecular weight is 372 g/mol. The predicted molar refractivity (Wildman–Crippen MR) is 84.2 cm³/mol. The van der Waals surface area contributed by atoms with Crippen LogP contribution in [0.1, 0.15) is 16.0 Å². The minimum Gasteiger partial charge on any atom is -0.486 e. The Morgan fingerprint density at radius 1 is 1.14 bits per heavy atom. The summed E-state index contributed by atoms with van der Waals surface area (Å²) in [6, 6.07) is 10.4. The molecule has 5 heteroatoms. The highest BCUT2D eigenvalue weighted by Gasteiger charge is 2.22. The van der Waals surface area contributed by atoms with E-state index in [0.717, 1.165) is 17.1 Å². The van der Waals surface area contributed by atoms with Crippen LogP contribution in [-0.2, 0) is 6.42 Å². The maximum Gasteiger partial charge on any atom is 0.165 e. The van der Waals surface area contributed by atoms with Crippen LogP contribution in [0.2, 0.25) is 5.02 Å². The first-order valence-corrected chi connectivity index (χ1v) is 7.91. The molecule has 0 saturated heterocycles. The van der Waals surface area contributed by atoms with Crippen molar-refractivity contribution in [3.8, 4) is 11.5 Å². The highest BCUT2D eigenvalue weighted by Crippen LogP contribution is 2.41. The van der Waals surface area contributed by atoms with Gasteiger partial charge in [0.1, 0.15) is 19.0 Å². The summed E-state index contributed by atoms with van der Waals surface area (Å²) in [5, 5.41) is 0.432. The average Bonchev–Trinajstić information content (AvgIpc) is 2.50. The Kier molecular flexibility index (Phi) is 4.36. The molecule has 2 nitrogen and oxygen atoms in total. The highest BCUT2D eigenvalue weighted by molar-refractivity contribution is 9.09.